The molecule has 0 aliphatic heterocycles. The van der Waals surface area contributed by atoms with Crippen molar-refractivity contribution in [2.24, 2.45) is 40.4 Å². The average molecular weight is 447 g/mol. The van der Waals surface area contributed by atoms with Gasteiger partial charge in [0, 0.05) is 11.8 Å². The highest BCUT2D eigenvalue weighted by Crippen LogP contribution is 2.69. The van der Waals surface area contributed by atoms with Gasteiger partial charge < -0.3 is 20.4 Å². The molecule has 10 atom stereocenters. The Balaban J connectivity index is 1.67. The second-order valence-corrected chi connectivity index (χ2v) is 12.7. The average Bonchev–Trinajstić information content (AvgIpc) is 3.07. The number of aliphatic hydroxyl groups is 4. The Labute approximate surface area is 194 Å². The minimum atomic E-state index is -1.49. The van der Waals surface area contributed by atoms with E-state index in [9.17, 15) is 20.4 Å². The fraction of sp³-hybridized carbons (Fsp3) is 0.857. The zero-order chi connectivity index (χ0) is 23.7. The first kappa shape index (κ1) is 24.4. The van der Waals surface area contributed by atoms with Gasteiger partial charge in [-0.25, -0.2) is 0 Å². The number of aliphatic hydroxyl groups excluding tert-OH is 2. The Morgan fingerprint density at radius 3 is 2.28 bits per heavy atom. The predicted molar refractivity (Wildman–Crippen MR) is 128 cm³/mol. The highest BCUT2D eigenvalue weighted by Gasteiger charge is 2.70. The largest absolute Gasteiger partial charge is 0.393 e. The SMILES string of the molecule is CC(C)[C@@H](C)/C=C/[C@@H](C)C1CCC2C3=C[C@@H](O)[C@@]4(O)C[C@@H](O)CC[C@]4(C)[C@@]3(O)CC[C@@]21C. The van der Waals surface area contributed by atoms with Gasteiger partial charge in [0.1, 0.15) is 11.7 Å². The lowest BCUT2D eigenvalue weighted by Gasteiger charge is -2.65. The van der Waals surface area contributed by atoms with E-state index in [1.807, 2.05) is 6.92 Å². The molecule has 0 bridgehead atoms. The maximum Gasteiger partial charge on any atom is 0.105 e. The fourth-order valence-electron chi connectivity index (χ4n) is 8.11. The van der Waals surface area contributed by atoms with E-state index < -0.39 is 28.8 Å². The number of hydrogen-bond acceptors (Lipinski definition) is 4. The lowest BCUT2D eigenvalue weighted by molar-refractivity contribution is -0.258. The third-order valence-electron chi connectivity index (χ3n) is 10.9. The van der Waals surface area contributed by atoms with Crippen molar-refractivity contribution in [2.75, 3.05) is 0 Å². The number of hydrogen-bond donors (Lipinski definition) is 4. The normalized spacial score (nSPS) is 50.5. The highest BCUT2D eigenvalue weighted by atomic mass is 16.4. The van der Waals surface area contributed by atoms with Gasteiger partial charge in [-0.15, -0.1) is 0 Å². The van der Waals surface area contributed by atoms with E-state index in [4.69, 9.17) is 0 Å². The topological polar surface area (TPSA) is 80.9 Å². The van der Waals surface area contributed by atoms with E-state index in [0.29, 0.717) is 42.9 Å². The molecule has 0 amide bonds. The molecule has 4 heteroatoms. The standard InChI is InChI=1S/C28H46O4/c1-17(2)18(3)7-8-19(4)21-9-10-22-23-15-24(30)28(32)16-20(29)11-12-26(28,6)27(23,31)14-13-25(21,22)5/h7-8,15,17-22,24,29-32H,9-14,16H2,1-6H3/b8-7+/t18-,19+,20-,21?,22?,24+,25+,26+,27+,28-/m0/s1. The Kier molecular flexibility index (Phi) is 6.06. The second kappa shape index (κ2) is 7.93. The van der Waals surface area contributed by atoms with Crippen molar-refractivity contribution in [1.82, 2.24) is 0 Å². The van der Waals surface area contributed by atoms with Crippen LogP contribution in [0.1, 0.15) is 86.5 Å². The Morgan fingerprint density at radius 2 is 1.62 bits per heavy atom. The first-order valence-electron chi connectivity index (χ1n) is 13.0. The zero-order valence-corrected chi connectivity index (χ0v) is 21.0. The van der Waals surface area contributed by atoms with Gasteiger partial charge in [-0.3, -0.25) is 0 Å². The van der Waals surface area contributed by atoms with Gasteiger partial charge in [-0.2, -0.15) is 0 Å². The predicted octanol–water partition coefficient (Wildman–Crippen LogP) is 4.61. The molecule has 2 unspecified atom stereocenters. The molecule has 4 aliphatic carbocycles. The van der Waals surface area contributed by atoms with Gasteiger partial charge in [-0.05, 0) is 79.1 Å². The summed E-state index contributed by atoms with van der Waals surface area (Å²) in [6.07, 6.45) is 9.79. The van der Waals surface area contributed by atoms with Crippen LogP contribution in [0.4, 0.5) is 0 Å². The number of allylic oxidation sites excluding steroid dienone is 2. The van der Waals surface area contributed by atoms with E-state index in [-0.39, 0.29) is 17.8 Å². The van der Waals surface area contributed by atoms with E-state index >= 15 is 0 Å². The van der Waals surface area contributed by atoms with Crippen molar-refractivity contribution >= 4 is 0 Å². The van der Waals surface area contributed by atoms with Crippen LogP contribution in [0.15, 0.2) is 23.8 Å². The molecule has 4 N–H and O–H groups in total. The van der Waals surface area contributed by atoms with Gasteiger partial charge in [0.25, 0.3) is 0 Å². The van der Waals surface area contributed by atoms with E-state index in [1.54, 1.807) is 6.08 Å². The van der Waals surface area contributed by atoms with Crippen molar-refractivity contribution < 1.29 is 20.4 Å². The summed E-state index contributed by atoms with van der Waals surface area (Å²) in [4.78, 5) is 0. The quantitative estimate of drug-likeness (QED) is 0.475. The van der Waals surface area contributed by atoms with Crippen LogP contribution in [0, 0.1) is 40.4 Å². The third kappa shape index (κ3) is 3.23. The Bertz CT molecular complexity index is 788. The summed E-state index contributed by atoms with van der Waals surface area (Å²) >= 11 is 0. The number of fused-ring (bicyclic) bond motifs is 5. The first-order valence-corrected chi connectivity index (χ1v) is 13.0. The molecular weight excluding hydrogens is 400 g/mol. The van der Waals surface area contributed by atoms with Crippen LogP contribution in [0.3, 0.4) is 0 Å². The summed E-state index contributed by atoms with van der Waals surface area (Å²) in [7, 11) is 0. The van der Waals surface area contributed by atoms with E-state index in [2.05, 4.69) is 46.8 Å². The van der Waals surface area contributed by atoms with Crippen molar-refractivity contribution in [3.8, 4) is 0 Å². The highest BCUT2D eigenvalue weighted by molar-refractivity contribution is 5.40. The molecule has 4 nitrogen and oxygen atoms in total. The molecule has 3 saturated carbocycles. The Hall–Kier alpha value is -0.680. The maximum atomic E-state index is 12.2. The summed E-state index contributed by atoms with van der Waals surface area (Å²) in [6.45, 7) is 13.5. The van der Waals surface area contributed by atoms with Crippen molar-refractivity contribution in [2.45, 2.75) is 110 Å². The molecule has 0 aromatic heterocycles. The number of rotatable bonds is 4. The molecule has 0 radical (unpaired) electrons. The summed E-state index contributed by atoms with van der Waals surface area (Å²) < 4.78 is 0. The van der Waals surface area contributed by atoms with Crippen molar-refractivity contribution in [3.05, 3.63) is 23.8 Å². The molecule has 3 fully saturated rings. The molecule has 0 saturated heterocycles. The zero-order valence-electron chi connectivity index (χ0n) is 21.0. The molecule has 0 aromatic rings. The van der Waals surface area contributed by atoms with Gasteiger partial charge in [0.05, 0.1) is 11.7 Å². The molecule has 182 valence electrons. The molecule has 0 aromatic carbocycles. The molecule has 0 heterocycles. The van der Waals surface area contributed by atoms with Crippen LogP contribution in [-0.4, -0.2) is 43.8 Å². The molecule has 4 aliphatic rings. The van der Waals surface area contributed by atoms with E-state index in [1.165, 1.54) is 0 Å². The van der Waals surface area contributed by atoms with Crippen LogP contribution in [0.25, 0.3) is 0 Å². The van der Waals surface area contributed by atoms with Gasteiger partial charge in [-0.1, -0.05) is 59.8 Å². The molecule has 32 heavy (non-hydrogen) atoms. The maximum absolute atomic E-state index is 12.2. The minimum absolute atomic E-state index is 0.0859. The third-order valence-corrected chi connectivity index (χ3v) is 10.9. The monoisotopic (exact) mass is 446 g/mol. The summed E-state index contributed by atoms with van der Waals surface area (Å²) in [5.74, 6) is 2.45. The summed E-state index contributed by atoms with van der Waals surface area (Å²) in [6, 6.07) is 0. The Morgan fingerprint density at radius 1 is 0.938 bits per heavy atom. The van der Waals surface area contributed by atoms with Gasteiger partial charge >= 0.3 is 0 Å². The van der Waals surface area contributed by atoms with Gasteiger partial charge in [0.2, 0.25) is 0 Å². The van der Waals surface area contributed by atoms with Crippen LogP contribution in [0.2, 0.25) is 0 Å². The van der Waals surface area contributed by atoms with Crippen LogP contribution < -0.4 is 0 Å². The van der Waals surface area contributed by atoms with Crippen molar-refractivity contribution in [3.63, 3.8) is 0 Å². The van der Waals surface area contributed by atoms with Crippen LogP contribution in [-0.2, 0) is 0 Å². The van der Waals surface area contributed by atoms with Gasteiger partial charge in [0.15, 0.2) is 0 Å². The van der Waals surface area contributed by atoms with E-state index in [0.717, 1.165) is 24.8 Å². The minimum Gasteiger partial charge on any atom is -0.393 e. The van der Waals surface area contributed by atoms with Crippen LogP contribution in [0.5, 0.6) is 0 Å². The lowest BCUT2D eigenvalue weighted by Crippen LogP contribution is -2.72. The first-order chi connectivity index (χ1) is 14.8. The molecule has 0 spiro atoms. The second-order valence-electron chi connectivity index (χ2n) is 12.7. The summed E-state index contributed by atoms with van der Waals surface area (Å²) in [5, 5.41) is 45.2. The lowest BCUT2D eigenvalue weighted by atomic mass is 9.43. The smallest absolute Gasteiger partial charge is 0.105 e. The van der Waals surface area contributed by atoms with Crippen molar-refractivity contribution in [1.29, 1.82) is 0 Å². The fourth-order valence-corrected chi connectivity index (χ4v) is 8.11. The molecule has 4 rings (SSSR count). The van der Waals surface area contributed by atoms with Crippen LogP contribution >= 0.6 is 0 Å². The molecular formula is C28H46O4. The summed E-state index contributed by atoms with van der Waals surface area (Å²) in [5.41, 5.74) is -2.40.